The lowest BCUT2D eigenvalue weighted by atomic mass is 9.80. The topological polar surface area (TPSA) is 12.0 Å². The minimum Gasteiger partial charge on any atom is -0.313 e. The van der Waals surface area contributed by atoms with Crippen LogP contribution in [0.25, 0.3) is 0 Å². The second kappa shape index (κ2) is 1.97. The molecule has 0 amide bonds. The molecule has 1 heterocycles. The Morgan fingerprint density at radius 3 is 2.80 bits per heavy atom. The predicted octanol–water partition coefficient (Wildman–Crippen LogP) is 1.78. The van der Waals surface area contributed by atoms with E-state index in [2.05, 4.69) is 19.2 Å². The van der Waals surface area contributed by atoms with E-state index in [9.17, 15) is 0 Å². The van der Waals surface area contributed by atoms with Gasteiger partial charge in [0.05, 0.1) is 0 Å². The molecule has 0 aromatic carbocycles. The van der Waals surface area contributed by atoms with Crippen molar-refractivity contribution in [2.24, 2.45) is 11.3 Å². The van der Waals surface area contributed by atoms with Crippen LogP contribution in [0.5, 0.6) is 0 Å². The first-order valence-corrected chi connectivity index (χ1v) is 4.43. The van der Waals surface area contributed by atoms with Gasteiger partial charge in [0, 0.05) is 12.6 Å². The highest BCUT2D eigenvalue weighted by atomic mass is 15.0. The van der Waals surface area contributed by atoms with Gasteiger partial charge in [0.25, 0.3) is 0 Å². The van der Waals surface area contributed by atoms with Crippen LogP contribution in [0.4, 0.5) is 0 Å². The van der Waals surface area contributed by atoms with Crippen LogP contribution < -0.4 is 5.32 Å². The van der Waals surface area contributed by atoms with E-state index in [1.165, 1.54) is 25.8 Å². The Morgan fingerprint density at radius 2 is 2.10 bits per heavy atom. The Bertz CT molecular complexity index is 140. The summed E-state index contributed by atoms with van der Waals surface area (Å²) in [6, 6.07) is 0.870. The Labute approximate surface area is 63.2 Å². The van der Waals surface area contributed by atoms with Crippen LogP contribution in [0.2, 0.25) is 0 Å². The molecule has 0 spiro atoms. The molecule has 1 N–H and O–H groups in total. The van der Waals surface area contributed by atoms with E-state index < -0.39 is 0 Å². The molecule has 10 heavy (non-hydrogen) atoms. The highest BCUT2D eigenvalue weighted by Crippen LogP contribution is 2.43. The summed E-state index contributed by atoms with van der Waals surface area (Å²) in [5.74, 6) is 0.979. The average Bonchev–Trinajstić information content (AvgIpc) is 2.36. The number of rotatable bonds is 0. The molecule has 1 heteroatoms. The second-order valence-electron chi connectivity index (χ2n) is 4.51. The van der Waals surface area contributed by atoms with E-state index in [0.29, 0.717) is 5.41 Å². The van der Waals surface area contributed by atoms with E-state index in [0.717, 1.165) is 12.0 Å². The molecule has 2 rings (SSSR count). The van der Waals surface area contributed by atoms with Gasteiger partial charge in [-0.25, -0.2) is 0 Å². The number of hydrogen-bond acceptors (Lipinski definition) is 1. The van der Waals surface area contributed by atoms with Gasteiger partial charge in [-0.05, 0) is 24.2 Å². The van der Waals surface area contributed by atoms with Crippen LogP contribution in [0.3, 0.4) is 0 Å². The maximum absolute atomic E-state index is 3.61. The summed E-state index contributed by atoms with van der Waals surface area (Å²) in [5, 5.41) is 3.61. The third-order valence-electron chi connectivity index (χ3n) is 3.34. The minimum absolute atomic E-state index is 0.584. The predicted molar refractivity (Wildman–Crippen MR) is 42.9 cm³/mol. The van der Waals surface area contributed by atoms with Gasteiger partial charge in [0.2, 0.25) is 0 Å². The van der Waals surface area contributed by atoms with Gasteiger partial charge < -0.3 is 5.32 Å². The van der Waals surface area contributed by atoms with E-state index in [-0.39, 0.29) is 0 Å². The van der Waals surface area contributed by atoms with Crippen molar-refractivity contribution in [2.45, 2.75) is 39.2 Å². The zero-order valence-electron chi connectivity index (χ0n) is 6.98. The van der Waals surface area contributed by atoms with Crippen molar-refractivity contribution < 1.29 is 0 Å². The standard InChI is InChI=1S/C9H17N/c1-9(2)6-10-8-5-3-4-7(8)9/h7-8,10H,3-6H2,1-2H3/t7-,8+/m0/s1. The first kappa shape index (κ1) is 6.66. The fraction of sp³-hybridized carbons (Fsp3) is 1.00. The fourth-order valence-electron chi connectivity index (χ4n) is 2.66. The number of nitrogens with one attached hydrogen (secondary N) is 1. The summed E-state index contributed by atoms with van der Waals surface area (Å²) in [5.41, 5.74) is 0.584. The summed E-state index contributed by atoms with van der Waals surface area (Å²) in [4.78, 5) is 0. The van der Waals surface area contributed by atoms with Crippen LogP contribution >= 0.6 is 0 Å². The molecule has 1 saturated carbocycles. The Morgan fingerprint density at radius 1 is 1.30 bits per heavy atom. The Hall–Kier alpha value is -0.0400. The van der Waals surface area contributed by atoms with Crippen LogP contribution in [-0.2, 0) is 0 Å². The summed E-state index contributed by atoms with van der Waals surface area (Å²) in [6.45, 7) is 6.04. The zero-order chi connectivity index (χ0) is 7.19. The minimum atomic E-state index is 0.584. The van der Waals surface area contributed by atoms with E-state index in [1.54, 1.807) is 0 Å². The molecule has 2 fully saturated rings. The SMILES string of the molecule is CC1(C)CN[C@@H]2CCC[C@@H]21. The van der Waals surface area contributed by atoms with E-state index in [1.807, 2.05) is 0 Å². The van der Waals surface area contributed by atoms with Crippen LogP contribution in [0.1, 0.15) is 33.1 Å². The largest absolute Gasteiger partial charge is 0.313 e. The summed E-state index contributed by atoms with van der Waals surface area (Å²) < 4.78 is 0. The highest BCUT2D eigenvalue weighted by Gasteiger charge is 2.43. The normalized spacial score (nSPS) is 43.8. The van der Waals surface area contributed by atoms with Crippen LogP contribution in [-0.4, -0.2) is 12.6 Å². The molecule has 2 aliphatic rings. The Balaban J connectivity index is 2.16. The van der Waals surface area contributed by atoms with Crippen molar-refractivity contribution in [2.75, 3.05) is 6.54 Å². The van der Waals surface area contributed by atoms with Crippen LogP contribution in [0, 0.1) is 11.3 Å². The van der Waals surface area contributed by atoms with Gasteiger partial charge in [-0.15, -0.1) is 0 Å². The van der Waals surface area contributed by atoms with Gasteiger partial charge in [-0.3, -0.25) is 0 Å². The molecule has 0 radical (unpaired) electrons. The molecule has 0 aromatic rings. The lowest BCUT2D eigenvalue weighted by molar-refractivity contribution is 0.277. The smallest absolute Gasteiger partial charge is 0.0101 e. The van der Waals surface area contributed by atoms with Crippen LogP contribution in [0.15, 0.2) is 0 Å². The molecule has 0 unspecified atom stereocenters. The molecule has 0 aromatic heterocycles. The molecule has 1 nitrogen and oxygen atoms in total. The number of hydrogen-bond donors (Lipinski definition) is 1. The second-order valence-corrected chi connectivity index (χ2v) is 4.51. The van der Waals surface area contributed by atoms with Crippen molar-refractivity contribution in [3.63, 3.8) is 0 Å². The van der Waals surface area contributed by atoms with E-state index in [4.69, 9.17) is 0 Å². The van der Waals surface area contributed by atoms with Gasteiger partial charge in [-0.2, -0.15) is 0 Å². The van der Waals surface area contributed by atoms with Gasteiger partial charge in [-0.1, -0.05) is 20.3 Å². The molecule has 1 aliphatic carbocycles. The lowest BCUT2D eigenvalue weighted by Gasteiger charge is -2.24. The molecular weight excluding hydrogens is 122 g/mol. The summed E-state index contributed by atoms with van der Waals surface area (Å²) in [6.07, 6.45) is 4.34. The van der Waals surface area contributed by atoms with Crippen molar-refractivity contribution in [3.8, 4) is 0 Å². The molecule has 0 bridgehead atoms. The van der Waals surface area contributed by atoms with Gasteiger partial charge in [0.15, 0.2) is 0 Å². The van der Waals surface area contributed by atoms with Crippen molar-refractivity contribution in [3.05, 3.63) is 0 Å². The molecule has 58 valence electrons. The third kappa shape index (κ3) is 0.800. The van der Waals surface area contributed by atoms with Gasteiger partial charge in [0.1, 0.15) is 0 Å². The zero-order valence-corrected chi connectivity index (χ0v) is 6.98. The fourth-order valence-corrected chi connectivity index (χ4v) is 2.66. The quantitative estimate of drug-likeness (QED) is 0.539. The highest BCUT2D eigenvalue weighted by molar-refractivity contribution is 4.99. The van der Waals surface area contributed by atoms with Crippen molar-refractivity contribution in [1.29, 1.82) is 0 Å². The third-order valence-corrected chi connectivity index (χ3v) is 3.34. The first-order valence-electron chi connectivity index (χ1n) is 4.43. The molecule has 1 saturated heterocycles. The maximum atomic E-state index is 3.61. The lowest BCUT2D eigenvalue weighted by Crippen LogP contribution is -2.22. The van der Waals surface area contributed by atoms with Gasteiger partial charge >= 0.3 is 0 Å². The molecule has 2 atom stereocenters. The Kier molecular flexibility index (Phi) is 1.31. The van der Waals surface area contributed by atoms with E-state index >= 15 is 0 Å². The molecular formula is C9H17N. The monoisotopic (exact) mass is 139 g/mol. The van der Waals surface area contributed by atoms with Crippen molar-refractivity contribution in [1.82, 2.24) is 5.32 Å². The summed E-state index contributed by atoms with van der Waals surface area (Å²) >= 11 is 0. The maximum Gasteiger partial charge on any atom is 0.0101 e. The summed E-state index contributed by atoms with van der Waals surface area (Å²) in [7, 11) is 0. The van der Waals surface area contributed by atoms with Crippen molar-refractivity contribution >= 4 is 0 Å². The molecule has 1 aliphatic heterocycles. The first-order chi connectivity index (χ1) is 4.70. The number of fused-ring (bicyclic) bond motifs is 1. The average molecular weight is 139 g/mol.